The Morgan fingerprint density at radius 1 is 1.18 bits per heavy atom. The van der Waals surface area contributed by atoms with Crippen LogP contribution in [0, 0.1) is 11.8 Å². The molecule has 3 aliphatic heterocycles. The molecule has 1 aliphatic carbocycles. The lowest BCUT2D eigenvalue weighted by Gasteiger charge is -2.49. The summed E-state index contributed by atoms with van der Waals surface area (Å²) in [6.07, 6.45) is 3.61. The Hall–Kier alpha value is -1.22. The smallest absolute Gasteiger partial charge is 0.324 e. The van der Waals surface area contributed by atoms with Crippen molar-refractivity contribution in [2.24, 2.45) is 11.8 Å². The molecule has 158 valence electrons. The molecule has 3 saturated heterocycles. The van der Waals surface area contributed by atoms with Gasteiger partial charge >= 0.3 is 6.03 Å². The van der Waals surface area contributed by atoms with Crippen LogP contribution in [0.15, 0.2) is 0 Å². The average molecular weight is 395 g/mol. The third kappa shape index (κ3) is 3.79. The third-order valence-corrected chi connectivity index (χ3v) is 6.98. The zero-order chi connectivity index (χ0) is 19.9. The van der Waals surface area contributed by atoms with Crippen molar-refractivity contribution in [3.05, 3.63) is 0 Å². The van der Waals surface area contributed by atoms with Crippen molar-refractivity contribution in [2.45, 2.75) is 50.5 Å². The molecule has 3 heterocycles. The second-order valence-electron chi connectivity index (χ2n) is 9.00. The number of fused-ring (bicyclic) bond motifs is 1. The number of nitrogens with one attached hydrogen (secondary N) is 1. The number of hydrogen-bond donors (Lipinski definition) is 1. The molecule has 0 unspecified atom stereocenters. The summed E-state index contributed by atoms with van der Waals surface area (Å²) in [4.78, 5) is 31.7. The Kier molecular flexibility index (Phi) is 5.66. The highest BCUT2D eigenvalue weighted by molar-refractivity contribution is 5.95. The molecular weight excluding hydrogens is 360 g/mol. The van der Waals surface area contributed by atoms with E-state index >= 15 is 0 Å². The monoisotopic (exact) mass is 394 g/mol. The van der Waals surface area contributed by atoms with E-state index in [2.05, 4.69) is 22.2 Å². The maximum atomic E-state index is 13.2. The molecule has 1 saturated carbocycles. The zero-order valence-corrected chi connectivity index (χ0v) is 17.4. The molecule has 4 aliphatic rings. The van der Waals surface area contributed by atoms with Gasteiger partial charge in [-0.2, -0.15) is 0 Å². The number of carbonyl (C=O) groups excluding carboxylic acids is 2. The SMILES string of the molecule is CCN(C(=O)NC1CN(C)C1)C(=O)[C@@H]1C[C@@H]2CC3(CC[C@H]2N(C)C1)OCCO3. The molecule has 4 fully saturated rings. The van der Waals surface area contributed by atoms with Gasteiger partial charge in [-0.15, -0.1) is 0 Å². The normalized spacial score (nSPS) is 33.3. The summed E-state index contributed by atoms with van der Waals surface area (Å²) in [6, 6.07) is 0.363. The first-order valence-corrected chi connectivity index (χ1v) is 10.7. The highest BCUT2D eigenvalue weighted by atomic mass is 16.7. The average Bonchev–Trinajstić information content (AvgIpc) is 3.08. The van der Waals surface area contributed by atoms with Gasteiger partial charge in [0.2, 0.25) is 5.91 Å². The number of likely N-dealkylation sites (N-methyl/N-ethyl adjacent to an activating group) is 1. The fraction of sp³-hybridized carbons (Fsp3) is 0.900. The summed E-state index contributed by atoms with van der Waals surface area (Å²) in [7, 11) is 4.13. The van der Waals surface area contributed by atoms with Crippen LogP contribution in [0.2, 0.25) is 0 Å². The third-order valence-electron chi connectivity index (χ3n) is 6.98. The zero-order valence-electron chi connectivity index (χ0n) is 17.4. The van der Waals surface area contributed by atoms with Gasteiger partial charge in [-0.1, -0.05) is 0 Å². The van der Waals surface area contributed by atoms with E-state index in [0.717, 1.165) is 38.8 Å². The molecule has 0 aromatic heterocycles. The number of ether oxygens (including phenoxy) is 2. The largest absolute Gasteiger partial charge is 0.348 e. The number of likely N-dealkylation sites (tertiary alicyclic amines) is 2. The van der Waals surface area contributed by atoms with Gasteiger partial charge in [0, 0.05) is 45.1 Å². The first-order chi connectivity index (χ1) is 13.4. The molecule has 3 atom stereocenters. The van der Waals surface area contributed by atoms with Crippen molar-refractivity contribution in [1.29, 1.82) is 0 Å². The van der Waals surface area contributed by atoms with Gasteiger partial charge in [0.15, 0.2) is 5.79 Å². The van der Waals surface area contributed by atoms with Crippen LogP contribution in [0.1, 0.15) is 32.6 Å². The molecule has 0 radical (unpaired) electrons. The minimum Gasteiger partial charge on any atom is -0.348 e. The van der Waals surface area contributed by atoms with Crippen LogP contribution < -0.4 is 5.32 Å². The molecule has 4 rings (SSSR count). The number of carbonyl (C=O) groups is 2. The number of piperidine rings is 1. The predicted molar refractivity (Wildman–Crippen MR) is 104 cm³/mol. The van der Waals surface area contributed by atoms with E-state index < -0.39 is 5.79 Å². The molecule has 8 heteroatoms. The van der Waals surface area contributed by atoms with E-state index in [9.17, 15) is 9.59 Å². The lowest BCUT2D eigenvalue weighted by molar-refractivity contribution is -0.202. The Morgan fingerprint density at radius 2 is 1.89 bits per heavy atom. The van der Waals surface area contributed by atoms with E-state index in [1.807, 2.05) is 14.0 Å². The Labute approximate surface area is 167 Å². The van der Waals surface area contributed by atoms with Crippen LogP contribution in [0.5, 0.6) is 0 Å². The number of amides is 3. The Bertz CT molecular complexity index is 603. The number of urea groups is 1. The lowest BCUT2D eigenvalue weighted by Crippen LogP contribution is -2.61. The molecular formula is C20H34N4O4. The van der Waals surface area contributed by atoms with Crippen LogP contribution >= 0.6 is 0 Å². The first kappa shape index (κ1) is 20.1. The highest BCUT2D eigenvalue weighted by Crippen LogP contribution is 2.45. The van der Waals surface area contributed by atoms with Crippen LogP contribution in [0.25, 0.3) is 0 Å². The Balaban J connectivity index is 1.39. The van der Waals surface area contributed by atoms with Crippen molar-refractivity contribution in [3.63, 3.8) is 0 Å². The lowest BCUT2D eigenvalue weighted by atomic mass is 9.72. The summed E-state index contributed by atoms with van der Waals surface area (Å²) in [5.41, 5.74) is 0. The number of hydrogen-bond acceptors (Lipinski definition) is 6. The number of imide groups is 1. The van der Waals surface area contributed by atoms with Gasteiger partial charge in [0.1, 0.15) is 0 Å². The van der Waals surface area contributed by atoms with E-state index in [1.54, 1.807) is 0 Å². The molecule has 3 amide bonds. The highest BCUT2D eigenvalue weighted by Gasteiger charge is 2.49. The van der Waals surface area contributed by atoms with Crippen LogP contribution in [0.3, 0.4) is 0 Å². The Morgan fingerprint density at radius 3 is 2.54 bits per heavy atom. The van der Waals surface area contributed by atoms with E-state index in [-0.39, 0.29) is 23.9 Å². The summed E-state index contributed by atoms with van der Waals surface area (Å²) < 4.78 is 11.9. The number of rotatable bonds is 3. The predicted octanol–water partition coefficient (Wildman–Crippen LogP) is 0.722. The molecule has 28 heavy (non-hydrogen) atoms. The molecule has 1 spiro atoms. The van der Waals surface area contributed by atoms with Crippen LogP contribution in [0.4, 0.5) is 4.79 Å². The second kappa shape index (κ2) is 7.89. The van der Waals surface area contributed by atoms with Crippen molar-refractivity contribution in [1.82, 2.24) is 20.0 Å². The topological polar surface area (TPSA) is 74.4 Å². The van der Waals surface area contributed by atoms with E-state index in [4.69, 9.17) is 9.47 Å². The minimum atomic E-state index is -0.439. The van der Waals surface area contributed by atoms with Crippen LogP contribution in [-0.2, 0) is 14.3 Å². The van der Waals surface area contributed by atoms with Crippen molar-refractivity contribution in [3.8, 4) is 0 Å². The fourth-order valence-corrected chi connectivity index (χ4v) is 5.59. The summed E-state index contributed by atoms with van der Waals surface area (Å²) in [6.45, 7) is 5.99. The quantitative estimate of drug-likeness (QED) is 0.761. The fourth-order valence-electron chi connectivity index (χ4n) is 5.59. The second-order valence-corrected chi connectivity index (χ2v) is 9.00. The maximum absolute atomic E-state index is 13.2. The molecule has 1 N–H and O–H groups in total. The van der Waals surface area contributed by atoms with Gasteiger partial charge in [-0.25, -0.2) is 4.79 Å². The van der Waals surface area contributed by atoms with Gasteiger partial charge in [0.05, 0.1) is 25.2 Å². The van der Waals surface area contributed by atoms with Crippen molar-refractivity contribution < 1.29 is 19.1 Å². The van der Waals surface area contributed by atoms with Crippen LogP contribution in [-0.4, -0.2) is 98.0 Å². The van der Waals surface area contributed by atoms with Gasteiger partial charge < -0.3 is 24.6 Å². The van der Waals surface area contributed by atoms with Gasteiger partial charge in [-0.05, 0) is 39.8 Å². The standard InChI is InChI=1S/C20H34N4O4/c1-4-24(19(26)21-16-12-22(2)13-16)18(25)15-9-14-10-20(27-7-8-28-20)6-5-17(14)23(3)11-15/h14-17H,4-13H2,1-3H3,(H,21,26)/t14-,15-,17-/m1/s1. The molecule has 0 bridgehead atoms. The first-order valence-electron chi connectivity index (χ1n) is 10.7. The van der Waals surface area contributed by atoms with E-state index in [1.165, 1.54) is 4.90 Å². The van der Waals surface area contributed by atoms with Crippen molar-refractivity contribution >= 4 is 11.9 Å². The number of nitrogens with zero attached hydrogens (tertiary/aromatic N) is 3. The summed E-state index contributed by atoms with van der Waals surface area (Å²) >= 11 is 0. The molecule has 0 aromatic rings. The van der Waals surface area contributed by atoms with E-state index in [0.29, 0.717) is 38.3 Å². The summed E-state index contributed by atoms with van der Waals surface area (Å²) in [5, 5.41) is 3.00. The summed E-state index contributed by atoms with van der Waals surface area (Å²) in [5.74, 6) is -0.282. The molecule has 8 nitrogen and oxygen atoms in total. The van der Waals surface area contributed by atoms with Crippen molar-refractivity contribution in [2.75, 3.05) is 53.5 Å². The minimum absolute atomic E-state index is 0.0501. The maximum Gasteiger partial charge on any atom is 0.324 e. The molecule has 0 aromatic carbocycles. The van der Waals surface area contributed by atoms with Gasteiger partial charge in [-0.3, -0.25) is 9.69 Å². The van der Waals surface area contributed by atoms with Gasteiger partial charge in [0.25, 0.3) is 0 Å².